The van der Waals surface area contributed by atoms with E-state index in [0.717, 1.165) is 0 Å². The number of amides is 1. The van der Waals surface area contributed by atoms with E-state index in [1.807, 2.05) is 11.5 Å². The molecule has 0 aliphatic rings. The molecule has 0 saturated heterocycles. The minimum Gasteiger partial charge on any atom is -0.446 e. The number of carbonyl (C=O) groups is 1. The highest BCUT2D eigenvalue weighted by atomic mass is 79.9. The molecule has 0 aliphatic carbocycles. The van der Waals surface area contributed by atoms with Crippen molar-refractivity contribution in [3.05, 3.63) is 50.1 Å². The van der Waals surface area contributed by atoms with Crippen LogP contribution in [0.3, 0.4) is 0 Å². The molecule has 0 bridgehead atoms. The predicted octanol–water partition coefficient (Wildman–Crippen LogP) is 4.61. The highest BCUT2D eigenvalue weighted by molar-refractivity contribution is 9.10. The van der Waals surface area contributed by atoms with E-state index in [4.69, 9.17) is 16.0 Å². The summed E-state index contributed by atoms with van der Waals surface area (Å²) in [4.78, 5) is 22.6. The van der Waals surface area contributed by atoms with Gasteiger partial charge in [-0.1, -0.05) is 23.4 Å². The van der Waals surface area contributed by atoms with Crippen molar-refractivity contribution in [1.29, 1.82) is 0 Å². The first-order valence-electron chi connectivity index (χ1n) is 7.94. The van der Waals surface area contributed by atoms with Crippen molar-refractivity contribution in [2.75, 3.05) is 11.1 Å². The fourth-order valence-corrected chi connectivity index (χ4v) is 3.61. The van der Waals surface area contributed by atoms with Crippen LogP contribution in [0.5, 0.6) is 0 Å². The lowest BCUT2D eigenvalue weighted by molar-refractivity contribution is -0.384. The van der Waals surface area contributed by atoms with Crippen LogP contribution in [0, 0.1) is 10.1 Å². The van der Waals surface area contributed by atoms with Gasteiger partial charge in [0.2, 0.25) is 11.7 Å². The van der Waals surface area contributed by atoms with Crippen LogP contribution in [0.15, 0.2) is 44.6 Å². The van der Waals surface area contributed by atoms with Crippen molar-refractivity contribution in [2.45, 2.75) is 18.6 Å². The Bertz CT molecular complexity index is 1040. The first-order valence-corrected chi connectivity index (χ1v) is 10.1. The average molecular weight is 487 g/mol. The van der Waals surface area contributed by atoms with Crippen molar-refractivity contribution in [3.63, 3.8) is 0 Å². The molecule has 0 spiro atoms. The Balaban J connectivity index is 1.69. The van der Waals surface area contributed by atoms with E-state index < -0.39 is 4.92 Å². The molecule has 28 heavy (non-hydrogen) atoms. The summed E-state index contributed by atoms with van der Waals surface area (Å²) in [6.07, 6.45) is 0. The maximum absolute atomic E-state index is 12.3. The lowest BCUT2D eigenvalue weighted by Gasteiger charge is -2.08. The molecule has 2 heterocycles. The minimum absolute atomic E-state index is 0.0268. The van der Waals surface area contributed by atoms with Gasteiger partial charge in [0.25, 0.3) is 5.69 Å². The van der Waals surface area contributed by atoms with Gasteiger partial charge in [-0.25, -0.2) is 0 Å². The number of nitro groups is 1. The number of benzene rings is 1. The molecule has 0 saturated carbocycles. The van der Waals surface area contributed by atoms with Gasteiger partial charge >= 0.3 is 0 Å². The molecule has 0 fully saturated rings. The molecule has 146 valence electrons. The van der Waals surface area contributed by atoms with Crippen molar-refractivity contribution >= 4 is 56.6 Å². The van der Waals surface area contributed by atoms with Gasteiger partial charge in [-0.2, -0.15) is 0 Å². The number of hydrogen-bond acceptors (Lipinski definition) is 7. The monoisotopic (exact) mass is 485 g/mol. The summed E-state index contributed by atoms with van der Waals surface area (Å²) in [6.45, 7) is 2.51. The van der Waals surface area contributed by atoms with E-state index in [1.54, 1.807) is 12.1 Å². The Morgan fingerprint density at radius 3 is 2.82 bits per heavy atom. The Kier molecular flexibility index (Phi) is 6.37. The van der Waals surface area contributed by atoms with Crippen molar-refractivity contribution in [1.82, 2.24) is 14.8 Å². The molecule has 3 rings (SSSR count). The van der Waals surface area contributed by atoms with E-state index in [-0.39, 0.29) is 28.1 Å². The van der Waals surface area contributed by atoms with Crippen molar-refractivity contribution in [2.24, 2.45) is 0 Å². The summed E-state index contributed by atoms with van der Waals surface area (Å²) in [5.41, 5.74) is 0.0203. The first-order chi connectivity index (χ1) is 13.4. The fraction of sp³-hybridized carbons (Fsp3) is 0.188. The van der Waals surface area contributed by atoms with Gasteiger partial charge in [0, 0.05) is 18.7 Å². The quantitative estimate of drug-likeness (QED) is 0.294. The summed E-state index contributed by atoms with van der Waals surface area (Å²) < 4.78 is 7.91. The zero-order valence-electron chi connectivity index (χ0n) is 14.4. The van der Waals surface area contributed by atoms with Gasteiger partial charge in [0.15, 0.2) is 15.6 Å². The molecule has 0 unspecified atom stereocenters. The highest BCUT2D eigenvalue weighted by Gasteiger charge is 2.18. The van der Waals surface area contributed by atoms with Crippen LogP contribution in [0.2, 0.25) is 5.02 Å². The number of thioether (sulfide) groups is 1. The van der Waals surface area contributed by atoms with E-state index in [1.165, 1.54) is 30.0 Å². The molecule has 2 aromatic heterocycles. The van der Waals surface area contributed by atoms with Crippen LogP contribution in [0.1, 0.15) is 6.92 Å². The standard InChI is InChI=1S/C16H13BrClN5O4S/c1-2-22-15(12-5-6-13(17)27-12)20-21-16(22)28-8-14(24)19-11-7-9(23(25)26)3-4-10(11)18/h3-7H,2,8H2,1H3,(H,19,24). The maximum Gasteiger partial charge on any atom is 0.271 e. The van der Waals surface area contributed by atoms with Gasteiger partial charge in [0.05, 0.1) is 21.4 Å². The zero-order valence-corrected chi connectivity index (χ0v) is 17.5. The van der Waals surface area contributed by atoms with E-state index >= 15 is 0 Å². The third kappa shape index (κ3) is 4.54. The number of nitrogens with zero attached hydrogens (tertiary/aromatic N) is 4. The molecule has 1 aromatic carbocycles. The predicted molar refractivity (Wildman–Crippen MR) is 109 cm³/mol. The molecule has 9 nitrogen and oxygen atoms in total. The number of aromatic nitrogens is 3. The average Bonchev–Trinajstić information content (AvgIpc) is 3.27. The largest absolute Gasteiger partial charge is 0.446 e. The molecule has 1 N–H and O–H groups in total. The van der Waals surface area contributed by atoms with Crippen LogP contribution < -0.4 is 5.32 Å². The normalized spacial score (nSPS) is 10.8. The number of anilines is 1. The van der Waals surface area contributed by atoms with Gasteiger partial charge in [-0.15, -0.1) is 10.2 Å². The minimum atomic E-state index is -0.557. The molecule has 0 atom stereocenters. The number of carbonyl (C=O) groups excluding carboxylic acids is 1. The number of nitrogens with one attached hydrogen (secondary N) is 1. The lowest BCUT2D eigenvalue weighted by atomic mass is 10.3. The number of halogens is 2. The molecule has 3 aromatic rings. The molecular weight excluding hydrogens is 474 g/mol. The Hall–Kier alpha value is -2.37. The van der Waals surface area contributed by atoms with Gasteiger partial charge in [-0.3, -0.25) is 19.5 Å². The van der Waals surface area contributed by atoms with E-state index in [9.17, 15) is 14.9 Å². The second kappa shape index (κ2) is 8.76. The summed E-state index contributed by atoms with van der Waals surface area (Å²) >= 11 is 10.4. The summed E-state index contributed by atoms with van der Waals surface area (Å²) in [7, 11) is 0. The summed E-state index contributed by atoms with van der Waals surface area (Å²) in [5, 5.41) is 22.4. The second-order valence-corrected chi connectivity index (χ2v) is 7.54. The summed E-state index contributed by atoms with van der Waals surface area (Å²) in [5.74, 6) is 0.762. The molecule has 12 heteroatoms. The number of non-ortho nitro benzene ring substituents is 1. The van der Waals surface area contributed by atoms with Crippen LogP contribution in [-0.2, 0) is 11.3 Å². The molecule has 0 radical (unpaired) electrons. The van der Waals surface area contributed by atoms with Crippen LogP contribution >= 0.6 is 39.3 Å². The van der Waals surface area contributed by atoms with Gasteiger partial charge in [0.1, 0.15) is 0 Å². The Morgan fingerprint density at radius 2 is 2.18 bits per heavy atom. The first kappa shape index (κ1) is 20.4. The molecular formula is C16H13BrClN5O4S. The maximum atomic E-state index is 12.3. The van der Waals surface area contributed by atoms with Crippen molar-refractivity contribution in [3.8, 4) is 11.6 Å². The number of nitro benzene ring substituents is 1. The third-order valence-electron chi connectivity index (χ3n) is 3.59. The smallest absolute Gasteiger partial charge is 0.271 e. The lowest BCUT2D eigenvalue weighted by Crippen LogP contribution is -2.15. The van der Waals surface area contributed by atoms with Crippen LogP contribution in [0.4, 0.5) is 11.4 Å². The van der Waals surface area contributed by atoms with Crippen molar-refractivity contribution < 1.29 is 14.1 Å². The van der Waals surface area contributed by atoms with Crippen LogP contribution in [0.25, 0.3) is 11.6 Å². The van der Waals surface area contributed by atoms with E-state index in [2.05, 4.69) is 31.4 Å². The fourth-order valence-electron chi connectivity index (χ4n) is 2.34. The number of hydrogen-bond donors (Lipinski definition) is 1. The van der Waals surface area contributed by atoms with Gasteiger partial charge in [-0.05, 0) is 41.1 Å². The number of furan rings is 1. The SMILES string of the molecule is CCn1c(SCC(=O)Nc2cc([N+](=O)[O-])ccc2Cl)nnc1-c1ccc(Br)o1. The topological polar surface area (TPSA) is 116 Å². The molecule has 1 amide bonds. The highest BCUT2D eigenvalue weighted by Crippen LogP contribution is 2.29. The Morgan fingerprint density at radius 1 is 1.39 bits per heavy atom. The van der Waals surface area contributed by atoms with E-state index in [0.29, 0.717) is 28.0 Å². The summed E-state index contributed by atoms with van der Waals surface area (Å²) in [6, 6.07) is 7.38. The van der Waals surface area contributed by atoms with Crippen LogP contribution in [-0.4, -0.2) is 31.3 Å². The van der Waals surface area contributed by atoms with Gasteiger partial charge < -0.3 is 9.73 Å². The second-order valence-electron chi connectivity index (χ2n) is 5.41. The molecule has 0 aliphatic heterocycles. The Labute approximate surface area is 176 Å². The zero-order chi connectivity index (χ0) is 20.3. The number of rotatable bonds is 7. The third-order valence-corrected chi connectivity index (χ3v) is 5.32.